The molecule has 2 heteroatoms. The van der Waals surface area contributed by atoms with E-state index in [-0.39, 0.29) is 0 Å². The second-order valence-electron chi connectivity index (χ2n) is 8.35. The Balaban J connectivity index is 0.000000161. The van der Waals surface area contributed by atoms with Gasteiger partial charge in [0.05, 0.1) is 11.7 Å². The zero-order chi connectivity index (χ0) is 20.5. The van der Waals surface area contributed by atoms with E-state index in [4.69, 9.17) is 0 Å². The molecule has 1 unspecified atom stereocenters. The van der Waals surface area contributed by atoms with Gasteiger partial charge in [-0.15, -0.1) is 0 Å². The molecule has 0 aliphatic heterocycles. The van der Waals surface area contributed by atoms with Gasteiger partial charge in [0, 0.05) is 5.39 Å². The van der Waals surface area contributed by atoms with Crippen molar-refractivity contribution in [1.82, 2.24) is 10.2 Å². The van der Waals surface area contributed by atoms with Crippen LogP contribution < -0.4 is 0 Å². The van der Waals surface area contributed by atoms with E-state index in [9.17, 15) is 0 Å². The average molecular weight is 391 g/mol. The van der Waals surface area contributed by atoms with Crippen LogP contribution in [0.15, 0.2) is 79.0 Å². The van der Waals surface area contributed by atoms with Crippen LogP contribution in [0.1, 0.15) is 42.4 Å². The number of fused-ring (bicyclic) bond motifs is 6. The van der Waals surface area contributed by atoms with Gasteiger partial charge in [-0.25, -0.2) is 0 Å². The van der Waals surface area contributed by atoms with E-state index in [1.54, 1.807) is 17.3 Å². The lowest BCUT2D eigenvalue weighted by Crippen LogP contribution is -2.07. The number of aryl methyl sites for hydroxylation is 2. The smallest absolute Gasteiger partial charge is 0.0929 e. The Labute approximate surface area is 177 Å². The summed E-state index contributed by atoms with van der Waals surface area (Å²) < 4.78 is 0. The van der Waals surface area contributed by atoms with Crippen LogP contribution in [-0.4, -0.2) is 10.2 Å². The minimum Gasteiger partial charge on any atom is -0.159 e. The van der Waals surface area contributed by atoms with Gasteiger partial charge in [0.1, 0.15) is 0 Å². The molecule has 1 heterocycles. The number of rotatable bonds is 0. The Bertz CT molecular complexity index is 1290. The van der Waals surface area contributed by atoms with Crippen molar-refractivity contribution in [3.05, 3.63) is 95.7 Å². The largest absolute Gasteiger partial charge is 0.159 e. The van der Waals surface area contributed by atoms with Gasteiger partial charge in [-0.1, -0.05) is 67.6 Å². The lowest BCUT2D eigenvalue weighted by atomic mass is 9.81. The van der Waals surface area contributed by atoms with Crippen molar-refractivity contribution in [3.63, 3.8) is 0 Å². The first kappa shape index (κ1) is 18.7. The van der Waals surface area contributed by atoms with E-state index in [1.807, 2.05) is 30.3 Å². The highest BCUT2D eigenvalue weighted by molar-refractivity contribution is 6.09. The van der Waals surface area contributed by atoms with E-state index < -0.39 is 0 Å². The molecule has 4 aromatic carbocycles. The monoisotopic (exact) mass is 390 g/mol. The topological polar surface area (TPSA) is 25.8 Å². The van der Waals surface area contributed by atoms with Crippen molar-refractivity contribution in [2.24, 2.45) is 0 Å². The lowest BCUT2D eigenvalue weighted by Gasteiger charge is -2.24. The number of hydrogen-bond donors (Lipinski definition) is 0. The third-order valence-corrected chi connectivity index (χ3v) is 6.44. The highest BCUT2D eigenvalue weighted by atomic mass is 15.1. The molecule has 30 heavy (non-hydrogen) atoms. The molecule has 1 aliphatic rings. The third kappa shape index (κ3) is 3.33. The molecule has 0 spiro atoms. The Morgan fingerprint density at radius 2 is 1.57 bits per heavy atom. The quantitative estimate of drug-likeness (QED) is 0.258. The summed E-state index contributed by atoms with van der Waals surface area (Å²) in [7, 11) is 0. The zero-order valence-electron chi connectivity index (χ0n) is 17.6. The maximum absolute atomic E-state index is 3.93. The first-order valence-corrected chi connectivity index (χ1v) is 10.8. The van der Waals surface area contributed by atoms with E-state index in [1.165, 1.54) is 46.4 Å². The molecule has 1 aromatic heterocycles. The van der Waals surface area contributed by atoms with Crippen LogP contribution in [0.5, 0.6) is 0 Å². The summed E-state index contributed by atoms with van der Waals surface area (Å²) in [6, 6.07) is 25.9. The van der Waals surface area contributed by atoms with E-state index >= 15 is 0 Å². The van der Waals surface area contributed by atoms with Crippen LogP contribution in [0, 0.1) is 6.92 Å². The molecule has 148 valence electrons. The molecule has 1 atom stereocenters. The predicted octanol–water partition coefficient (Wildman–Crippen LogP) is 7.37. The Morgan fingerprint density at radius 3 is 2.47 bits per heavy atom. The van der Waals surface area contributed by atoms with Gasteiger partial charge in [0.25, 0.3) is 0 Å². The zero-order valence-corrected chi connectivity index (χ0v) is 17.6. The van der Waals surface area contributed by atoms with Crippen LogP contribution in [-0.2, 0) is 6.42 Å². The molecule has 0 radical (unpaired) electrons. The average Bonchev–Trinajstić information content (AvgIpc) is 2.80. The molecule has 0 saturated carbocycles. The van der Waals surface area contributed by atoms with Crippen molar-refractivity contribution in [3.8, 4) is 0 Å². The van der Waals surface area contributed by atoms with Gasteiger partial charge < -0.3 is 0 Å². The van der Waals surface area contributed by atoms with Crippen molar-refractivity contribution in [1.29, 1.82) is 0 Å². The maximum Gasteiger partial charge on any atom is 0.0929 e. The first-order valence-electron chi connectivity index (χ1n) is 10.8. The van der Waals surface area contributed by atoms with Crippen LogP contribution in [0.25, 0.3) is 32.4 Å². The van der Waals surface area contributed by atoms with E-state index in [2.05, 4.69) is 66.5 Å². The highest BCUT2D eigenvalue weighted by Gasteiger charge is 2.18. The molecule has 0 fully saturated rings. The van der Waals surface area contributed by atoms with Gasteiger partial charge in [-0.05, 0) is 82.5 Å². The summed E-state index contributed by atoms with van der Waals surface area (Å²) >= 11 is 0. The van der Waals surface area contributed by atoms with Gasteiger partial charge in [-0.2, -0.15) is 10.2 Å². The second-order valence-corrected chi connectivity index (χ2v) is 8.35. The van der Waals surface area contributed by atoms with Crippen molar-refractivity contribution in [2.75, 3.05) is 0 Å². The summed E-state index contributed by atoms with van der Waals surface area (Å²) in [6.45, 7) is 4.57. The number of hydrogen-bond acceptors (Lipinski definition) is 2. The fourth-order valence-corrected chi connectivity index (χ4v) is 4.82. The molecular formula is C28H26N2. The molecule has 0 bridgehead atoms. The molecular weight excluding hydrogens is 364 g/mol. The van der Waals surface area contributed by atoms with Gasteiger partial charge >= 0.3 is 0 Å². The second kappa shape index (κ2) is 7.87. The molecule has 0 N–H and O–H groups in total. The number of benzene rings is 4. The Morgan fingerprint density at radius 1 is 0.767 bits per heavy atom. The molecule has 0 amide bonds. The fourth-order valence-electron chi connectivity index (χ4n) is 4.82. The SMILES string of the molecule is Cc1cccc2c1ccc1c3c(ccc12)C(C)CCC3.c1ccc2nnccc2c1. The molecule has 2 nitrogen and oxygen atoms in total. The fraction of sp³-hybridized carbons (Fsp3) is 0.214. The summed E-state index contributed by atoms with van der Waals surface area (Å²) in [5.41, 5.74) is 5.50. The molecule has 1 aliphatic carbocycles. The summed E-state index contributed by atoms with van der Waals surface area (Å²) in [5, 5.41) is 14.5. The number of aromatic nitrogens is 2. The molecule has 5 aromatic rings. The maximum atomic E-state index is 3.93. The lowest BCUT2D eigenvalue weighted by molar-refractivity contribution is 0.593. The van der Waals surface area contributed by atoms with E-state index in [0.29, 0.717) is 0 Å². The van der Waals surface area contributed by atoms with Crippen molar-refractivity contribution < 1.29 is 0 Å². The molecule has 6 rings (SSSR count). The molecule has 0 saturated heterocycles. The van der Waals surface area contributed by atoms with Crippen molar-refractivity contribution in [2.45, 2.75) is 39.0 Å². The van der Waals surface area contributed by atoms with Gasteiger partial charge in [0.15, 0.2) is 0 Å². The third-order valence-electron chi connectivity index (χ3n) is 6.44. The number of nitrogens with zero attached hydrogens (tertiary/aromatic N) is 2. The minimum absolute atomic E-state index is 0.719. The Hall–Kier alpha value is -3.26. The van der Waals surface area contributed by atoms with Crippen LogP contribution >= 0.6 is 0 Å². The summed E-state index contributed by atoms with van der Waals surface area (Å²) in [6.07, 6.45) is 5.61. The highest BCUT2D eigenvalue weighted by Crippen LogP contribution is 2.38. The van der Waals surface area contributed by atoms with Gasteiger partial charge in [-0.3, -0.25) is 0 Å². The van der Waals surface area contributed by atoms with Crippen LogP contribution in [0.4, 0.5) is 0 Å². The standard InChI is InChI=1S/C20H20.C8H6N2/c1-13-5-3-7-17-15(13)9-11-20-18-8-4-6-14(2)16(18)10-12-19(17)20;1-2-4-8-7(3-1)5-6-9-10-8/h3,5,7,9-12,14H,4,6,8H2,1-2H3;1-6H. The van der Waals surface area contributed by atoms with E-state index in [0.717, 1.165) is 16.8 Å². The van der Waals surface area contributed by atoms with Crippen molar-refractivity contribution >= 4 is 32.4 Å². The minimum atomic E-state index is 0.719. The first-order chi connectivity index (χ1) is 14.7. The summed E-state index contributed by atoms with van der Waals surface area (Å²) in [5.74, 6) is 0.719. The van der Waals surface area contributed by atoms with Gasteiger partial charge in [0.2, 0.25) is 0 Å². The summed E-state index contributed by atoms with van der Waals surface area (Å²) in [4.78, 5) is 0. The van der Waals surface area contributed by atoms with Crippen LogP contribution in [0.2, 0.25) is 0 Å². The predicted molar refractivity (Wildman–Crippen MR) is 127 cm³/mol. The van der Waals surface area contributed by atoms with Crippen LogP contribution in [0.3, 0.4) is 0 Å². The normalized spacial score (nSPS) is 15.6. The Kier molecular flexibility index (Phi) is 4.92.